The van der Waals surface area contributed by atoms with E-state index in [1.165, 1.54) is 30.3 Å². The van der Waals surface area contributed by atoms with Gasteiger partial charge in [-0.15, -0.1) is 0 Å². The van der Waals surface area contributed by atoms with Crippen molar-refractivity contribution in [1.29, 1.82) is 0 Å². The van der Waals surface area contributed by atoms with E-state index >= 15 is 0 Å². The zero-order chi connectivity index (χ0) is 20.3. The lowest BCUT2D eigenvalue weighted by atomic mass is 9.98. The second-order valence-electron chi connectivity index (χ2n) is 5.72. The molecule has 7 nitrogen and oxygen atoms in total. The molecular formula is C18H15F3N4O3. The predicted molar refractivity (Wildman–Crippen MR) is 94.0 cm³/mol. The van der Waals surface area contributed by atoms with Crippen LogP contribution >= 0.6 is 0 Å². The van der Waals surface area contributed by atoms with E-state index < -0.39 is 17.8 Å². The van der Waals surface area contributed by atoms with Crippen molar-refractivity contribution in [3.63, 3.8) is 0 Å². The molecule has 0 unspecified atom stereocenters. The maximum Gasteiger partial charge on any atom is 0.433 e. The molecule has 10 heteroatoms. The summed E-state index contributed by atoms with van der Waals surface area (Å²) in [6.07, 6.45) is -4.66. The highest BCUT2D eigenvalue weighted by molar-refractivity contribution is 5.85. The number of aromatic amines is 1. The first-order chi connectivity index (χ1) is 13.3. The summed E-state index contributed by atoms with van der Waals surface area (Å²) in [5, 5.41) is 16.1. The molecule has 0 aliphatic rings. The molecule has 146 valence electrons. The third-order valence-electron chi connectivity index (χ3n) is 3.87. The van der Waals surface area contributed by atoms with E-state index in [1.807, 2.05) is 10.5 Å². The van der Waals surface area contributed by atoms with Gasteiger partial charge in [0.05, 0.1) is 0 Å². The first kappa shape index (κ1) is 19.2. The number of rotatable bonds is 5. The summed E-state index contributed by atoms with van der Waals surface area (Å²) >= 11 is 0. The summed E-state index contributed by atoms with van der Waals surface area (Å²) in [5.41, 5.74) is 0.974. The van der Waals surface area contributed by atoms with Crippen LogP contribution in [0.4, 0.5) is 13.2 Å². The lowest BCUT2D eigenvalue weighted by Gasteiger charge is -2.11. The van der Waals surface area contributed by atoms with Gasteiger partial charge in [0, 0.05) is 17.2 Å². The summed E-state index contributed by atoms with van der Waals surface area (Å²) in [6, 6.07) is 11.8. The Balaban J connectivity index is 2.05. The number of nitrogens with one attached hydrogen (secondary N) is 2. The molecule has 5 N–H and O–H groups in total. The summed E-state index contributed by atoms with van der Waals surface area (Å²) < 4.78 is 45.5. The van der Waals surface area contributed by atoms with Crippen LogP contribution in [0.2, 0.25) is 0 Å². The Morgan fingerprint density at radius 2 is 1.93 bits per heavy atom. The largest absolute Gasteiger partial charge is 0.507 e. The minimum Gasteiger partial charge on any atom is -0.507 e. The van der Waals surface area contributed by atoms with Crippen LogP contribution in [0.25, 0.3) is 22.4 Å². The summed E-state index contributed by atoms with van der Waals surface area (Å²) in [7, 11) is 0. The number of halogens is 3. The van der Waals surface area contributed by atoms with Gasteiger partial charge in [0.15, 0.2) is 6.61 Å². The van der Waals surface area contributed by atoms with Gasteiger partial charge in [-0.2, -0.15) is 18.3 Å². The van der Waals surface area contributed by atoms with Gasteiger partial charge in [-0.25, -0.2) is 5.84 Å². The Kier molecular flexibility index (Phi) is 5.23. The summed E-state index contributed by atoms with van der Waals surface area (Å²) in [5.74, 6) is 4.14. The monoisotopic (exact) mass is 392 g/mol. The van der Waals surface area contributed by atoms with Gasteiger partial charge in [0.1, 0.15) is 22.9 Å². The number of ether oxygens (including phenoxy) is 1. The minimum atomic E-state index is -4.66. The van der Waals surface area contributed by atoms with E-state index in [9.17, 15) is 23.1 Å². The maximum absolute atomic E-state index is 13.4. The zero-order valence-electron chi connectivity index (χ0n) is 14.2. The number of H-pyrrole nitrogens is 1. The molecule has 0 bridgehead atoms. The second kappa shape index (κ2) is 7.61. The van der Waals surface area contributed by atoms with E-state index in [1.54, 1.807) is 18.2 Å². The topological polar surface area (TPSA) is 113 Å². The number of hydrogen-bond donors (Lipinski definition) is 4. The number of phenols is 1. The van der Waals surface area contributed by atoms with Gasteiger partial charge in [-0.3, -0.25) is 15.3 Å². The molecule has 0 aliphatic carbocycles. The smallest absolute Gasteiger partial charge is 0.433 e. The minimum absolute atomic E-state index is 0.0673. The van der Waals surface area contributed by atoms with Crippen molar-refractivity contribution in [2.24, 2.45) is 5.84 Å². The van der Waals surface area contributed by atoms with Crippen LogP contribution in [0.5, 0.6) is 11.5 Å². The SMILES string of the molecule is NNC(=O)COc1ccc(-c2n[nH]c(C(F)(F)F)c2-c2ccccc2)c(O)c1. The second-order valence-corrected chi connectivity index (χ2v) is 5.72. The molecule has 0 saturated carbocycles. The summed E-state index contributed by atoms with van der Waals surface area (Å²) in [4.78, 5) is 11.1. The molecule has 0 radical (unpaired) electrons. The van der Waals surface area contributed by atoms with Crippen molar-refractivity contribution in [1.82, 2.24) is 15.6 Å². The van der Waals surface area contributed by atoms with Crippen molar-refractivity contribution in [2.45, 2.75) is 6.18 Å². The van der Waals surface area contributed by atoms with Gasteiger partial charge in [0.2, 0.25) is 0 Å². The van der Waals surface area contributed by atoms with E-state index in [4.69, 9.17) is 10.6 Å². The Hall–Kier alpha value is -3.53. The van der Waals surface area contributed by atoms with E-state index in [0.29, 0.717) is 0 Å². The van der Waals surface area contributed by atoms with Gasteiger partial charge in [-0.05, 0) is 17.7 Å². The lowest BCUT2D eigenvalue weighted by Crippen LogP contribution is -2.34. The molecule has 2 aromatic carbocycles. The first-order valence-electron chi connectivity index (χ1n) is 7.98. The first-order valence-corrected chi connectivity index (χ1v) is 7.98. The molecule has 3 rings (SSSR count). The molecule has 0 atom stereocenters. The molecule has 1 amide bonds. The van der Waals surface area contributed by atoms with Crippen LogP contribution in [0.1, 0.15) is 5.69 Å². The quantitative estimate of drug-likeness (QED) is 0.303. The van der Waals surface area contributed by atoms with Gasteiger partial charge < -0.3 is 9.84 Å². The molecule has 1 aromatic heterocycles. The molecule has 1 heterocycles. The highest BCUT2D eigenvalue weighted by Gasteiger charge is 2.38. The molecule has 0 spiro atoms. The van der Waals surface area contributed by atoms with Crippen LogP contribution in [-0.4, -0.2) is 27.8 Å². The fourth-order valence-corrected chi connectivity index (χ4v) is 2.62. The van der Waals surface area contributed by atoms with Crippen molar-refractivity contribution in [3.8, 4) is 33.9 Å². The molecule has 0 saturated heterocycles. The zero-order valence-corrected chi connectivity index (χ0v) is 14.2. The molecule has 0 aliphatic heterocycles. The third kappa shape index (κ3) is 3.91. The fourth-order valence-electron chi connectivity index (χ4n) is 2.62. The number of phenolic OH excluding ortho intramolecular Hbond substituents is 1. The number of aromatic nitrogens is 2. The van der Waals surface area contributed by atoms with E-state index in [-0.39, 0.29) is 40.5 Å². The van der Waals surface area contributed by atoms with Crippen molar-refractivity contribution >= 4 is 5.91 Å². The predicted octanol–water partition coefficient (Wildman–Crippen LogP) is 2.84. The number of nitrogens with zero attached hydrogens (tertiary/aromatic N) is 1. The number of nitrogens with two attached hydrogens (primary N) is 1. The van der Waals surface area contributed by atoms with E-state index in [2.05, 4.69) is 5.10 Å². The number of carbonyl (C=O) groups excluding carboxylic acids is 1. The van der Waals surface area contributed by atoms with Gasteiger partial charge in [0.25, 0.3) is 5.91 Å². The molecule has 28 heavy (non-hydrogen) atoms. The normalized spacial score (nSPS) is 11.3. The van der Waals surface area contributed by atoms with Crippen LogP contribution in [0.3, 0.4) is 0 Å². The van der Waals surface area contributed by atoms with Gasteiger partial charge >= 0.3 is 6.18 Å². The highest BCUT2D eigenvalue weighted by Crippen LogP contribution is 2.43. The Bertz CT molecular complexity index is 987. The van der Waals surface area contributed by atoms with Crippen molar-refractivity contribution in [3.05, 3.63) is 54.2 Å². The average Bonchev–Trinajstić information content (AvgIpc) is 3.12. The van der Waals surface area contributed by atoms with Crippen LogP contribution in [-0.2, 0) is 11.0 Å². The number of benzene rings is 2. The van der Waals surface area contributed by atoms with E-state index in [0.717, 1.165) is 0 Å². The maximum atomic E-state index is 13.4. The lowest BCUT2D eigenvalue weighted by molar-refractivity contribution is -0.140. The number of amides is 1. The number of aromatic hydroxyl groups is 1. The fraction of sp³-hybridized carbons (Fsp3) is 0.111. The average molecular weight is 392 g/mol. The number of hydrogen-bond acceptors (Lipinski definition) is 5. The van der Waals surface area contributed by atoms with Crippen molar-refractivity contribution < 1.29 is 27.8 Å². The number of carbonyl (C=O) groups is 1. The Morgan fingerprint density at radius 3 is 2.54 bits per heavy atom. The number of alkyl halides is 3. The van der Waals surface area contributed by atoms with Crippen LogP contribution in [0, 0.1) is 0 Å². The Morgan fingerprint density at radius 1 is 1.21 bits per heavy atom. The standard InChI is InChI=1S/C18H15F3N4O3/c19-18(20,21)17-15(10-4-2-1-3-5-10)16(24-25-17)12-7-6-11(8-13(12)26)28-9-14(27)23-22/h1-8,26H,9,22H2,(H,23,27)(H,24,25). The van der Waals surface area contributed by atoms with Gasteiger partial charge in [-0.1, -0.05) is 30.3 Å². The molecular weight excluding hydrogens is 377 g/mol. The highest BCUT2D eigenvalue weighted by atomic mass is 19.4. The molecule has 3 aromatic rings. The summed E-state index contributed by atoms with van der Waals surface area (Å²) in [6.45, 7) is -0.384. The van der Waals surface area contributed by atoms with Crippen LogP contribution in [0.15, 0.2) is 48.5 Å². The Labute approximate surface area is 156 Å². The van der Waals surface area contributed by atoms with Crippen molar-refractivity contribution in [2.75, 3.05) is 6.61 Å². The van der Waals surface area contributed by atoms with Crippen LogP contribution < -0.4 is 16.0 Å². The molecule has 0 fully saturated rings. The number of hydrazine groups is 1. The third-order valence-corrected chi connectivity index (χ3v) is 3.87.